The van der Waals surface area contributed by atoms with Crippen molar-refractivity contribution in [3.05, 3.63) is 24.3 Å². The molecule has 0 radical (unpaired) electrons. The van der Waals surface area contributed by atoms with Gasteiger partial charge in [-0.05, 0) is 12.1 Å². The normalized spacial score (nSPS) is 21.3. The van der Waals surface area contributed by atoms with Crippen LogP contribution >= 0.6 is 0 Å². The molecule has 24 heavy (non-hydrogen) atoms. The van der Waals surface area contributed by atoms with Gasteiger partial charge >= 0.3 is 5.97 Å². The molecule has 2 heterocycles. The largest absolute Gasteiger partial charge is 0.481 e. The van der Waals surface area contributed by atoms with E-state index in [0.717, 1.165) is 11.4 Å². The van der Waals surface area contributed by atoms with Gasteiger partial charge in [0.1, 0.15) is 0 Å². The van der Waals surface area contributed by atoms with Gasteiger partial charge in [0.2, 0.25) is 11.8 Å². The molecule has 1 N–H and O–H groups in total. The van der Waals surface area contributed by atoms with Crippen LogP contribution in [0.25, 0.3) is 0 Å². The van der Waals surface area contributed by atoms with Gasteiger partial charge in [-0.1, -0.05) is 12.1 Å². The van der Waals surface area contributed by atoms with Gasteiger partial charge in [-0.3, -0.25) is 14.4 Å². The van der Waals surface area contributed by atoms with Crippen molar-refractivity contribution in [1.82, 2.24) is 4.90 Å². The van der Waals surface area contributed by atoms with E-state index in [-0.39, 0.29) is 24.8 Å². The smallest absolute Gasteiger partial charge is 0.308 e. The predicted molar refractivity (Wildman–Crippen MR) is 89.0 cm³/mol. The molecule has 0 saturated carbocycles. The van der Waals surface area contributed by atoms with E-state index in [1.54, 1.807) is 16.7 Å². The quantitative estimate of drug-likeness (QED) is 0.886. The van der Waals surface area contributed by atoms with Crippen LogP contribution in [0.2, 0.25) is 0 Å². The number of anilines is 2. The Morgan fingerprint density at radius 1 is 1.08 bits per heavy atom. The maximum atomic E-state index is 12.3. The van der Waals surface area contributed by atoms with Crippen molar-refractivity contribution < 1.29 is 19.5 Å². The van der Waals surface area contributed by atoms with Crippen LogP contribution in [0.15, 0.2) is 24.3 Å². The summed E-state index contributed by atoms with van der Waals surface area (Å²) < 4.78 is 0. The summed E-state index contributed by atoms with van der Waals surface area (Å²) in [7, 11) is 0. The standard InChI is InChI=1S/C17H21N3O4/c1-12(21)18-6-8-19(9-7-18)14-4-2-3-5-15(14)20-11-13(17(23)24)10-16(20)22/h2-5,13H,6-11H2,1H3,(H,23,24)/t13-/m1/s1. The number of carbonyl (C=O) groups excluding carboxylic acids is 2. The number of piperazine rings is 1. The average Bonchev–Trinajstić information content (AvgIpc) is 2.97. The molecular weight excluding hydrogens is 310 g/mol. The third kappa shape index (κ3) is 3.06. The molecule has 0 aliphatic carbocycles. The van der Waals surface area contributed by atoms with Gasteiger partial charge in [-0.25, -0.2) is 0 Å². The SMILES string of the molecule is CC(=O)N1CCN(c2ccccc2N2C[C@H](C(=O)O)CC2=O)CC1. The molecular formula is C17H21N3O4. The Labute approximate surface area is 140 Å². The fraction of sp³-hybridized carbons (Fsp3) is 0.471. The molecule has 2 aliphatic rings. The van der Waals surface area contributed by atoms with Gasteiger partial charge in [-0.15, -0.1) is 0 Å². The van der Waals surface area contributed by atoms with Crippen LogP contribution < -0.4 is 9.80 Å². The number of carboxylic acids is 1. The zero-order valence-corrected chi connectivity index (χ0v) is 13.6. The topological polar surface area (TPSA) is 81.2 Å². The molecule has 1 aromatic carbocycles. The first-order chi connectivity index (χ1) is 11.5. The summed E-state index contributed by atoms with van der Waals surface area (Å²) in [4.78, 5) is 40.4. The number of rotatable bonds is 3. The zero-order chi connectivity index (χ0) is 17.3. The van der Waals surface area contributed by atoms with Crippen LogP contribution in [0.4, 0.5) is 11.4 Å². The van der Waals surface area contributed by atoms with Crippen molar-refractivity contribution in [2.75, 3.05) is 42.5 Å². The minimum Gasteiger partial charge on any atom is -0.481 e. The average molecular weight is 331 g/mol. The Hall–Kier alpha value is -2.57. The van der Waals surface area contributed by atoms with Crippen molar-refractivity contribution in [3.8, 4) is 0 Å². The van der Waals surface area contributed by atoms with E-state index in [0.29, 0.717) is 26.2 Å². The Morgan fingerprint density at radius 2 is 1.71 bits per heavy atom. The highest BCUT2D eigenvalue weighted by Gasteiger charge is 2.36. The summed E-state index contributed by atoms with van der Waals surface area (Å²) in [5, 5.41) is 9.17. The number of carboxylic acid groups (broad SMARTS) is 1. The number of benzene rings is 1. The zero-order valence-electron chi connectivity index (χ0n) is 13.6. The lowest BCUT2D eigenvalue weighted by Gasteiger charge is -2.37. The fourth-order valence-electron chi connectivity index (χ4n) is 3.33. The van der Waals surface area contributed by atoms with E-state index in [4.69, 9.17) is 5.11 Å². The molecule has 2 fully saturated rings. The molecule has 2 saturated heterocycles. The van der Waals surface area contributed by atoms with Crippen LogP contribution in [0.5, 0.6) is 0 Å². The molecule has 1 atom stereocenters. The highest BCUT2D eigenvalue weighted by molar-refractivity contribution is 6.01. The van der Waals surface area contributed by atoms with E-state index in [2.05, 4.69) is 4.90 Å². The molecule has 1 aromatic rings. The van der Waals surface area contributed by atoms with Crippen molar-refractivity contribution >= 4 is 29.2 Å². The maximum Gasteiger partial charge on any atom is 0.308 e. The monoisotopic (exact) mass is 331 g/mol. The summed E-state index contributed by atoms with van der Waals surface area (Å²) in [6.07, 6.45) is 0.0434. The van der Waals surface area contributed by atoms with Crippen LogP contribution in [-0.4, -0.2) is 60.5 Å². The molecule has 128 valence electrons. The summed E-state index contributed by atoms with van der Waals surface area (Å²) >= 11 is 0. The van der Waals surface area contributed by atoms with E-state index in [9.17, 15) is 14.4 Å². The lowest BCUT2D eigenvalue weighted by molar-refractivity contribution is -0.141. The van der Waals surface area contributed by atoms with Crippen LogP contribution in [0.1, 0.15) is 13.3 Å². The van der Waals surface area contributed by atoms with Crippen molar-refractivity contribution in [1.29, 1.82) is 0 Å². The maximum absolute atomic E-state index is 12.3. The van der Waals surface area contributed by atoms with Gasteiger partial charge in [0.25, 0.3) is 0 Å². The molecule has 3 rings (SSSR count). The third-order valence-electron chi connectivity index (χ3n) is 4.71. The van der Waals surface area contributed by atoms with E-state index < -0.39 is 11.9 Å². The van der Waals surface area contributed by atoms with Gasteiger partial charge in [-0.2, -0.15) is 0 Å². The van der Waals surface area contributed by atoms with Gasteiger partial charge in [0, 0.05) is 46.1 Å². The minimum absolute atomic E-state index is 0.0434. The number of hydrogen-bond acceptors (Lipinski definition) is 4. The summed E-state index contributed by atoms with van der Waals surface area (Å²) in [6, 6.07) is 7.56. The number of aliphatic carboxylic acids is 1. The second kappa shape index (κ2) is 6.51. The van der Waals surface area contributed by atoms with Gasteiger partial charge in [0.15, 0.2) is 0 Å². The molecule has 2 aliphatic heterocycles. The number of nitrogens with zero attached hydrogens (tertiary/aromatic N) is 3. The number of amides is 2. The third-order valence-corrected chi connectivity index (χ3v) is 4.71. The summed E-state index contributed by atoms with van der Waals surface area (Å²) in [6.45, 7) is 4.46. The molecule has 0 spiro atoms. The lowest BCUT2D eigenvalue weighted by Crippen LogP contribution is -2.48. The molecule has 7 heteroatoms. The minimum atomic E-state index is -0.932. The van der Waals surface area contributed by atoms with E-state index in [1.807, 2.05) is 24.3 Å². The first-order valence-corrected chi connectivity index (χ1v) is 8.10. The van der Waals surface area contributed by atoms with Crippen LogP contribution in [-0.2, 0) is 14.4 Å². The first kappa shape index (κ1) is 16.3. The van der Waals surface area contributed by atoms with Crippen molar-refractivity contribution in [2.45, 2.75) is 13.3 Å². The second-order valence-corrected chi connectivity index (χ2v) is 6.23. The lowest BCUT2D eigenvalue weighted by atomic mass is 10.1. The van der Waals surface area contributed by atoms with E-state index >= 15 is 0 Å². The molecule has 0 bridgehead atoms. The highest BCUT2D eigenvalue weighted by atomic mass is 16.4. The van der Waals surface area contributed by atoms with Crippen LogP contribution in [0.3, 0.4) is 0 Å². The number of para-hydroxylation sites is 2. The number of carbonyl (C=O) groups is 3. The summed E-state index contributed by atoms with van der Waals surface area (Å²) in [5.74, 6) is -1.67. The van der Waals surface area contributed by atoms with Gasteiger partial charge in [0.05, 0.1) is 17.3 Å². The Balaban J connectivity index is 1.81. The molecule has 0 unspecified atom stereocenters. The number of hydrogen-bond donors (Lipinski definition) is 1. The van der Waals surface area contributed by atoms with Crippen molar-refractivity contribution in [2.24, 2.45) is 5.92 Å². The Morgan fingerprint density at radius 3 is 2.25 bits per heavy atom. The molecule has 0 aromatic heterocycles. The van der Waals surface area contributed by atoms with Crippen LogP contribution in [0, 0.1) is 5.92 Å². The Kier molecular flexibility index (Phi) is 4.42. The highest BCUT2D eigenvalue weighted by Crippen LogP contribution is 2.34. The van der Waals surface area contributed by atoms with Gasteiger partial charge < -0.3 is 19.8 Å². The molecule has 7 nitrogen and oxygen atoms in total. The van der Waals surface area contributed by atoms with Crippen molar-refractivity contribution in [3.63, 3.8) is 0 Å². The Bertz CT molecular complexity index is 668. The second-order valence-electron chi connectivity index (χ2n) is 6.23. The first-order valence-electron chi connectivity index (χ1n) is 8.10. The molecule has 2 amide bonds. The summed E-state index contributed by atoms with van der Waals surface area (Å²) in [5.41, 5.74) is 1.67. The predicted octanol–water partition coefficient (Wildman–Crippen LogP) is 0.793. The van der Waals surface area contributed by atoms with E-state index in [1.165, 1.54) is 0 Å². The fourth-order valence-corrected chi connectivity index (χ4v) is 3.33.